The molecule has 0 fully saturated rings. The molecule has 0 aliphatic heterocycles. The molecular formula is C16H12N6O2S. The Hall–Kier alpha value is -3.33. The predicted octanol–water partition coefficient (Wildman–Crippen LogP) is 2.53. The molecule has 0 unspecified atom stereocenters. The zero-order chi connectivity index (χ0) is 17.2. The Kier molecular flexibility index (Phi) is 3.82. The molecule has 0 bridgehead atoms. The SMILES string of the molecule is COc1cccc2sc(NC(=O)c3ccc(-n4cnnn4)cc3)nc12. The Morgan fingerprint density at radius 3 is 2.76 bits per heavy atom. The van der Waals surface area contributed by atoms with E-state index in [1.54, 1.807) is 31.4 Å². The Bertz CT molecular complexity index is 1030. The predicted molar refractivity (Wildman–Crippen MR) is 93.3 cm³/mol. The molecule has 0 spiro atoms. The first kappa shape index (κ1) is 15.2. The molecule has 4 aromatic rings. The highest BCUT2D eigenvalue weighted by atomic mass is 32.1. The standard InChI is InChI=1S/C16H12N6O2S/c1-24-12-3-2-4-13-14(12)18-16(25-13)19-15(23)10-5-7-11(8-6-10)22-9-17-20-21-22/h2-9H,1H3,(H,18,19,23). The number of carbonyl (C=O) groups is 1. The zero-order valence-electron chi connectivity index (χ0n) is 13.1. The molecule has 0 saturated carbocycles. The molecule has 0 atom stereocenters. The van der Waals surface area contributed by atoms with Crippen LogP contribution in [-0.2, 0) is 0 Å². The third-order valence-corrected chi connectivity index (χ3v) is 4.50. The summed E-state index contributed by atoms with van der Waals surface area (Å²) in [5, 5.41) is 14.3. The van der Waals surface area contributed by atoms with Crippen molar-refractivity contribution in [3.05, 3.63) is 54.4 Å². The molecule has 8 nitrogen and oxygen atoms in total. The summed E-state index contributed by atoms with van der Waals surface area (Å²) in [7, 11) is 1.60. The lowest BCUT2D eigenvalue weighted by atomic mass is 10.2. The third kappa shape index (κ3) is 2.92. The minimum Gasteiger partial charge on any atom is -0.494 e. The highest BCUT2D eigenvalue weighted by Crippen LogP contribution is 2.32. The normalized spacial score (nSPS) is 10.8. The van der Waals surface area contributed by atoms with Gasteiger partial charge in [-0.1, -0.05) is 17.4 Å². The van der Waals surface area contributed by atoms with Crippen LogP contribution in [0, 0.1) is 0 Å². The van der Waals surface area contributed by atoms with Crippen molar-refractivity contribution < 1.29 is 9.53 Å². The molecule has 25 heavy (non-hydrogen) atoms. The van der Waals surface area contributed by atoms with Gasteiger partial charge in [-0.2, -0.15) is 0 Å². The van der Waals surface area contributed by atoms with Gasteiger partial charge in [0.2, 0.25) is 0 Å². The van der Waals surface area contributed by atoms with Crippen LogP contribution in [0.4, 0.5) is 5.13 Å². The van der Waals surface area contributed by atoms with Crippen LogP contribution in [0.1, 0.15) is 10.4 Å². The maximum Gasteiger partial charge on any atom is 0.257 e. The second-order valence-electron chi connectivity index (χ2n) is 5.08. The van der Waals surface area contributed by atoms with Gasteiger partial charge in [-0.05, 0) is 46.8 Å². The Morgan fingerprint density at radius 2 is 2.04 bits per heavy atom. The van der Waals surface area contributed by atoms with E-state index < -0.39 is 0 Å². The Labute approximate surface area is 146 Å². The van der Waals surface area contributed by atoms with E-state index in [1.807, 2.05) is 18.2 Å². The summed E-state index contributed by atoms with van der Waals surface area (Å²) in [6, 6.07) is 12.6. The lowest BCUT2D eigenvalue weighted by Gasteiger charge is -2.03. The fourth-order valence-corrected chi connectivity index (χ4v) is 3.23. The van der Waals surface area contributed by atoms with E-state index in [2.05, 4.69) is 25.8 Å². The number of benzene rings is 2. The first-order valence-electron chi connectivity index (χ1n) is 7.33. The van der Waals surface area contributed by atoms with Crippen molar-refractivity contribution in [3.63, 3.8) is 0 Å². The van der Waals surface area contributed by atoms with Crippen molar-refractivity contribution in [2.45, 2.75) is 0 Å². The highest BCUT2D eigenvalue weighted by molar-refractivity contribution is 7.22. The number of ether oxygens (including phenoxy) is 1. The first-order valence-corrected chi connectivity index (χ1v) is 8.14. The molecule has 2 aromatic carbocycles. The van der Waals surface area contributed by atoms with Crippen molar-refractivity contribution in [1.82, 2.24) is 25.2 Å². The molecule has 0 saturated heterocycles. The van der Waals surface area contributed by atoms with Crippen molar-refractivity contribution in [2.75, 3.05) is 12.4 Å². The minimum absolute atomic E-state index is 0.235. The van der Waals surface area contributed by atoms with Gasteiger partial charge in [0.25, 0.3) is 5.91 Å². The number of hydrogen-bond donors (Lipinski definition) is 1. The largest absolute Gasteiger partial charge is 0.494 e. The average Bonchev–Trinajstić information content (AvgIpc) is 3.30. The number of tetrazole rings is 1. The fourth-order valence-electron chi connectivity index (χ4n) is 2.36. The van der Waals surface area contributed by atoms with Crippen LogP contribution in [0.25, 0.3) is 15.9 Å². The molecule has 0 aliphatic rings. The van der Waals surface area contributed by atoms with Gasteiger partial charge >= 0.3 is 0 Å². The Morgan fingerprint density at radius 1 is 1.20 bits per heavy atom. The number of para-hydroxylation sites is 1. The van der Waals surface area contributed by atoms with Gasteiger partial charge in [0.1, 0.15) is 17.6 Å². The van der Waals surface area contributed by atoms with Crippen LogP contribution in [0.15, 0.2) is 48.8 Å². The number of thiazole rings is 1. The van der Waals surface area contributed by atoms with Crippen LogP contribution in [0.2, 0.25) is 0 Å². The molecule has 124 valence electrons. The number of amides is 1. The van der Waals surface area contributed by atoms with Crippen LogP contribution in [0.5, 0.6) is 5.75 Å². The number of aromatic nitrogens is 5. The number of nitrogens with zero attached hydrogens (tertiary/aromatic N) is 5. The second-order valence-corrected chi connectivity index (χ2v) is 6.11. The van der Waals surface area contributed by atoms with Crippen molar-refractivity contribution in [2.24, 2.45) is 0 Å². The summed E-state index contributed by atoms with van der Waals surface area (Å²) in [4.78, 5) is 16.9. The fraction of sp³-hybridized carbons (Fsp3) is 0.0625. The summed E-state index contributed by atoms with van der Waals surface area (Å²) >= 11 is 1.40. The van der Waals surface area contributed by atoms with Crippen LogP contribution in [0.3, 0.4) is 0 Å². The lowest BCUT2D eigenvalue weighted by molar-refractivity contribution is 0.102. The van der Waals surface area contributed by atoms with E-state index in [1.165, 1.54) is 22.3 Å². The van der Waals surface area contributed by atoms with E-state index in [0.717, 1.165) is 15.9 Å². The van der Waals surface area contributed by atoms with E-state index in [4.69, 9.17) is 4.74 Å². The van der Waals surface area contributed by atoms with Crippen molar-refractivity contribution >= 4 is 32.6 Å². The maximum atomic E-state index is 12.4. The molecule has 2 heterocycles. The monoisotopic (exact) mass is 352 g/mol. The van der Waals surface area contributed by atoms with Crippen molar-refractivity contribution in [3.8, 4) is 11.4 Å². The van der Waals surface area contributed by atoms with Gasteiger partial charge in [0, 0.05) is 5.56 Å². The van der Waals surface area contributed by atoms with Gasteiger partial charge < -0.3 is 4.74 Å². The maximum absolute atomic E-state index is 12.4. The molecule has 1 amide bonds. The number of anilines is 1. The lowest BCUT2D eigenvalue weighted by Crippen LogP contribution is -2.11. The van der Waals surface area contributed by atoms with Crippen LogP contribution >= 0.6 is 11.3 Å². The molecule has 9 heteroatoms. The molecular weight excluding hydrogens is 340 g/mol. The quantitative estimate of drug-likeness (QED) is 0.606. The van der Waals surface area contributed by atoms with Gasteiger partial charge in [0.15, 0.2) is 5.13 Å². The van der Waals surface area contributed by atoms with E-state index in [9.17, 15) is 4.79 Å². The number of nitrogens with one attached hydrogen (secondary N) is 1. The summed E-state index contributed by atoms with van der Waals surface area (Å²) in [6.07, 6.45) is 1.49. The number of methoxy groups -OCH3 is 1. The van der Waals surface area contributed by atoms with Gasteiger partial charge in [-0.25, -0.2) is 9.67 Å². The van der Waals surface area contributed by atoms with Gasteiger partial charge in [0.05, 0.1) is 17.5 Å². The van der Waals surface area contributed by atoms with Crippen LogP contribution in [-0.4, -0.2) is 38.2 Å². The number of fused-ring (bicyclic) bond motifs is 1. The number of hydrogen-bond acceptors (Lipinski definition) is 7. The molecule has 0 radical (unpaired) electrons. The topological polar surface area (TPSA) is 94.8 Å². The highest BCUT2D eigenvalue weighted by Gasteiger charge is 2.12. The first-order chi connectivity index (χ1) is 12.2. The van der Waals surface area contributed by atoms with E-state index in [0.29, 0.717) is 16.4 Å². The molecule has 0 aliphatic carbocycles. The average molecular weight is 352 g/mol. The van der Waals surface area contributed by atoms with Crippen molar-refractivity contribution in [1.29, 1.82) is 0 Å². The Balaban J connectivity index is 1.55. The smallest absolute Gasteiger partial charge is 0.257 e. The minimum atomic E-state index is -0.235. The van der Waals surface area contributed by atoms with E-state index >= 15 is 0 Å². The summed E-state index contributed by atoms with van der Waals surface area (Å²) < 4.78 is 7.76. The molecule has 4 rings (SSSR count). The second kappa shape index (κ2) is 6.29. The molecule has 1 N–H and O–H groups in total. The summed E-state index contributed by atoms with van der Waals surface area (Å²) in [6.45, 7) is 0. The third-order valence-electron chi connectivity index (χ3n) is 3.57. The van der Waals surface area contributed by atoms with E-state index in [-0.39, 0.29) is 5.91 Å². The zero-order valence-corrected chi connectivity index (χ0v) is 13.9. The van der Waals surface area contributed by atoms with Gasteiger partial charge in [-0.15, -0.1) is 5.10 Å². The number of carbonyl (C=O) groups excluding carboxylic acids is 1. The van der Waals surface area contributed by atoms with Gasteiger partial charge in [-0.3, -0.25) is 10.1 Å². The molecule has 2 aromatic heterocycles. The number of rotatable bonds is 4. The van der Waals surface area contributed by atoms with Crippen LogP contribution < -0.4 is 10.1 Å². The summed E-state index contributed by atoms with van der Waals surface area (Å²) in [5.74, 6) is 0.446. The summed E-state index contributed by atoms with van der Waals surface area (Å²) in [5.41, 5.74) is 2.02.